The van der Waals surface area contributed by atoms with Gasteiger partial charge in [0.25, 0.3) is 21.8 Å². The Morgan fingerprint density at radius 2 is 2.15 bits per heavy atom. The van der Waals surface area contributed by atoms with E-state index in [0.717, 1.165) is 17.1 Å². The van der Waals surface area contributed by atoms with Gasteiger partial charge in [-0.2, -0.15) is 0 Å². The lowest BCUT2D eigenvalue weighted by molar-refractivity contribution is 0.0707. The number of rotatable bonds is 5. The van der Waals surface area contributed by atoms with Gasteiger partial charge in [-0.1, -0.05) is 0 Å². The quantitative estimate of drug-likeness (QED) is 0.766. The molecule has 2 heterocycles. The lowest BCUT2D eigenvalue weighted by Crippen LogP contribution is -2.45. The number of carbonyl (C=O) groups is 2. The second kappa shape index (κ2) is 6.64. The van der Waals surface area contributed by atoms with Gasteiger partial charge >= 0.3 is 0 Å². The van der Waals surface area contributed by atoms with Crippen LogP contribution in [0.4, 0.5) is 0 Å². The number of sulfonamides is 1. The van der Waals surface area contributed by atoms with E-state index in [0.29, 0.717) is 6.61 Å². The number of nitrogens with one attached hydrogen (secondary N) is 1. The Morgan fingerprint density at radius 3 is 2.77 bits per heavy atom. The first-order valence-corrected chi connectivity index (χ1v) is 9.93. The molecule has 3 N–H and O–H groups in total. The first-order valence-electron chi connectivity index (χ1n) is 8.49. The van der Waals surface area contributed by atoms with Crippen molar-refractivity contribution in [1.29, 1.82) is 0 Å². The molecule has 2 amide bonds. The zero-order valence-electron chi connectivity index (χ0n) is 14.8. The van der Waals surface area contributed by atoms with Gasteiger partial charge in [-0.15, -0.1) is 0 Å². The van der Waals surface area contributed by atoms with Crippen LogP contribution >= 0.6 is 0 Å². The van der Waals surface area contributed by atoms with Crippen molar-refractivity contribution < 1.29 is 22.7 Å². The van der Waals surface area contributed by atoms with Gasteiger partial charge in [0.2, 0.25) is 0 Å². The SMILES string of the molecule is CC(C)(N)CNC(=O)c1ccc2c(c1)S(=O)(=O)N(CC1CCCO1)C2=O. The molecular weight excluding hydrogens is 358 g/mol. The Hall–Kier alpha value is -1.97. The average Bonchev–Trinajstić information content (AvgIpc) is 3.14. The standard InChI is InChI=1S/C17H23N3O5S/c1-17(2,18)10-19-15(21)11-5-6-13-14(8-11)26(23,24)20(16(13)22)9-12-4-3-7-25-12/h5-6,8,12H,3-4,7,9-10,18H2,1-2H3,(H,19,21). The van der Waals surface area contributed by atoms with Crippen molar-refractivity contribution >= 4 is 21.8 Å². The van der Waals surface area contributed by atoms with Crippen molar-refractivity contribution in [2.24, 2.45) is 5.73 Å². The van der Waals surface area contributed by atoms with Crippen molar-refractivity contribution in [3.8, 4) is 0 Å². The molecule has 1 saturated heterocycles. The number of hydrogen-bond donors (Lipinski definition) is 2. The topological polar surface area (TPSA) is 119 Å². The van der Waals surface area contributed by atoms with Crippen molar-refractivity contribution in [1.82, 2.24) is 9.62 Å². The summed E-state index contributed by atoms with van der Waals surface area (Å²) in [7, 11) is -3.98. The van der Waals surface area contributed by atoms with E-state index in [-0.39, 0.29) is 35.2 Å². The zero-order chi connectivity index (χ0) is 19.1. The van der Waals surface area contributed by atoms with E-state index in [1.807, 2.05) is 0 Å². The molecule has 0 bridgehead atoms. The van der Waals surface area contributed by atoms with Gasteiger partial charge in [0, 0.05) is 24.3 Å². The van der Waals surface area contributed by atoms with Crippen LogP contribution in [0.1, 0.15) is 47.4 Å². The van der Waals surface area contributed by atoms with Crippen molar-refractivity contribution in [3.05, 3.63) is 29.3 Å². The van der Waals surface area contributed by atoms with Gasteiger partial charge < -0.3 is 15.8 Å². The zero-order valence-corrected chi connectivity index (χ0v) is 15.6. The molecular formula is C17H23N3O5S. The van der Waals surface area contributed by atoms with Gasteiger partial charge in [-0.05, 0) is 44.9 Å². The second-order valence-electron chi connectivity index (χ2n) is 7.36. The number of fused-ring (bicyclic) bond motifs is 1. The monoisotopic (exact) mass is 381 g/mol. The van der Waals surface area contributed by atoms with Gasteiger partial charge in [0.1, 0.15) is 4.90 Å². The number of carbonyl (C=O) groups excluding carboxylic acids is 2. The summed E-state index contributed by atoms with van der Waals surface area (Å²) in [6, 6.07) is 4.07. The number of nitrogens with zero attached hydrogens (tertiary/aromatic N) is 1. The maximum absolute atomic E-state index is 12.8. The lowest BCUT2D eigenvalue weighted by Gasteiger charge is -2.19. The summed E-state index contributed by atoms with van der Waals surface area (Å²) in [6.07, 6.45) is 1.29. The summed E-state index contributed by atoms with van der Waals surface area (Å²) >= 11 is 0. The van der Waals surface area contributed by atoms with Crippen LogP contribution in [0.2, 0.25) is 0 Å². The van der Waals surface area contributed by atoms with Crippen LogP contribution in [-0.4, -0.2) is 55.9 Å². The third-order valence-electron chi connectivity index (χ3n) is 4.37. The molecule has 9 heteroatoms. The van der Waals surface area contributed by atoms with Gasteiger partial charge in [0.15, 0.2) is 0 Å². The minimum Gasteiger partial charge on any atom is -0.376 e. The molecule has 0 aromatic heterocycles. The van der Waals surface area contributed by atoms with Crippen LogP contribution in [0.5, 0.6) is 0 Å². The predicted molar refractivity (Wildman–Crippen MR) is 94.2 cm³/mol. The highest BCUT2D eigenvalue weighted by molar-refractivity contribution is 7.90. The Labute approximate surface area is 152 Å². The summed E-state index contributed by atoms with van der Waals surface area (Å²) in [4.78, 5) is 24.6. The van der Waals surface area contributed by atoms with Crippen LogP contribution in [0.15, 0.2) is 23.1 Å². The second-order valence-corrected chi connectivity index (χ2v) is 9.19. The number of ether oxygens (including phenoxy) is 1. The Kier molecular flexibility index (Phi) is 4.80. The van der Waals surface area contributed by atoms with Crippen molar-refractivity contribution in [2.75, 3.05) is 19.7 Å². The van der Waals surface area contributed by atoms with Crippen molar-refractivity contribution in [3.63, 3.8) is 0 Å². The largest absolute Gasteiger partial charge is 0.376 e. The molecule has 1 atom stereocenters. The first-order chi connectivity index (χ1) is 12.1. The molecule has 1 fully saturated rings. The third-order valence-corrected chi connectivity index (χ3v) is 6.16. The fraction of sp³-hybridized carbons (Fsp3) is 0.529. The summed E-state index contributed by atoms with van der Waals surface area (Å²) in [6.45, 7) is 4.34. The lowest BCUT2D eigenvalue weighted by atomic mass is 10.1. The molecule has 1 aromatic carbocycles. The van der Waals surface area contributed by atoms with E-state index in [1.165, 1.54) is 18.2 Å². The fourth-order valence-corrected chi connectivity index (χ4v) is 4.61. The molecule has 1 aromatic rings. The molecule has 0 saturated carbocycles. The van der Waals surface area contributed by atoms with Crippen LogP contribution in [0, 0.1) is 0 Å². The summed E-state index contributed by atoms with van der Waals surface area (Å²) in [5.41, 5.74) is 5.50. The van der Waals surface area contributed by atoms with E-state index in [9.17, 15) is 18.0 Å². The number of hydrogen-bond acceptors (Lipinski definition) is 6. The van der Waals surface area contributed by atoms with E-state index >= 15 is 0 Å². The molecule has 3 rings (SSSR count). The summed E-state index contributed by atoms with van der Waals surface area (Å²) in [5, 5.41) is 2.66. The molecule has 26 heavy (non-hydrogen) atoms. The summed E-state index contributed by atoms with van der Waals surface area (Å²) < 4.78 is 31.8. The maximum Gasteiger partial charge on any atom is 0.269 e. The van der Waals surface area contributed by atoms with Gasteiger partial charge in [0.05, 0.1) is 18.2 Å². The molecule has 0 spiro atoms. The predicted octanol–water partition coefficient (Wildman–Crippen LogP) is 0.477. The minimum atomic E-state index is -3.98. The fourth-order valence-electron chi connectivity index (χ4n) is 2.98. The Bertz CT molecular complexity index is 838. The highest BCUT2D eigenvalue weighted by Crippen LogP contribution is 2.32. The smallest absolute Gasteiger partial charge is 0.269 e. The number of amides is 2. The van der Waals surface area contributed by atoms with Gasteiger partial charge in [-0.3, -0.25) is 9.59 Å². The third kappa shape index (κ3) is 3.60. The molecule has 142 valence electrons. The first kappa shape index (κ1) is 18.8. The molecule has 8 nitrogen and oxygen atoms in total. The van der Waals surface area contributed by atoms with Crippen LogP contribution in [-0.2, 0) is 14.8 Å². The molecule has 1 unspecified atom stereocenters. The highest BCUT2D eigenvalue weighted by atomic mass is 32.2. The minimum absolute atomic E-state index is 0.00125. The van der Waals surface area contributed by atoms with Crippen LogP contribution in [0.25, 0.3) is 0 Å². The highest BCUT2D eigenvalue weighted by Gasteiger charge is 2.43. The van der Waals surface area contributed by atoms with E-state index in [1.54, 1.807) is 13.8 Å². The molecule has 2 aliphatic rings. The average molecular weight is 381 g/mol. The Balaban J connectivity index is 1.84. The number of benzene rings is 1. The molecule has 0 aliphatic carbocycles. The molecule has 2 aliphatic heterocycles. The normalized spacial score (nSPS) is 21.7. The molecule has 0 radical (unpaired) electrons. The van der Waals surface area contributed by atoms with Crippen LogP contribution in [0.3, 0.4) is 0 Å². The van der Waals surface area contributed by atoms with E-state index in [4.69, 9.17) is 10.5 Å². The van der Waals surface area contributed by atoms with E-state index in [2.05, 4.69) is 5.32 Å². The summed E-state index contributed by atoms with van der Waals surface area (Å²) in [5.74, 6) is -1.02. The van der Waals surface area contributed by atoms with Crippen molar-refractivity contribution in [2.45, 2.75) is 43.2 Å². The maximum atomic E-state index is 12.8. The number of nitrogens with two attached hydrogens (primary N) is 1. The van der Waals surface area contributed by atoms with E-state index < -0.39 is 27.4 Å². The Morgan fingerprint density at radius 1 is 1.42 bits per heavy atom. The van der Waals surface area contributed by atoms with Crippen LogP contribution < -0.4 is 11.1 Å². The van der Waals surface area contributed by atoms with Gasteiger partial charge in [-0.25, -0.2) is 12.7 Å².